The maximum atomic E-state index is 12.7. The first kappa shape index (κ1) is 19.5. The molecule has 164 valence electrons. The summed E-state index contributed by atoms with van der Waals surface area (Å²) in [6, 6.07) is 15.9. The van der Waals surface area contributed by atoms with Crippen LogP contribution in [-0.4, -0.2) is 51.1 Å². The summed E-state index contributed by atoms with van der Waals surface area (Å²) >= 11 is 0. The van der Waals surface area contributed by atoms with Crippen LogP contribution in [0, 0.1) is 0 Å². The van der Waals surface area contributed by atoms with Gasteiger partial charge in [-0.05, 0) is 30.7 Å². The number of imidazole rings is 1. The van der Waals surface area contributed by atoms with Crippen LogP contribution >= 0.6 is 0 Å². The van der Waals surface area contributed by atoms with Gasteiger partial charge in [-0.3, -0.25) is 9.78 Å². The SMILES string of the molecule is O=c1[nH]c2cccccc-2c1-c1nc2cc(N3CCCN(c4cnccn4)CC3)ccc2[nH]1. The summed E-state index contributed by atoms with van der Waals surface area (Å²) in [6.45, 7) is 3.69. The third-order valence-corrected chi connectivity index (χ3v) is 6.22. The summed E-state index contributed by atoms with van der Waals surface area (Å²) in [6.07, 6.45) is 6.30. The predicted octanol–water partition coefficient (Wildman–Crippen LogP) is 3.53. The maximum Gasteiger partial charge on any atom is 0.260 e. The third-order valence-electron chi connectivity index (χ3n) is 6.22. The molecule has 3 aliphatic rings. The second-order valence-corrected chi connectivity index (χ2v) is 8.25. The zero-order valence-electron chi connectivity index (χ0n) is 18.0. The normalized spacial score (nSPS) is 14.7. The first-order chi connectivity index (χ1) is 16.3. The van der Waals surface area contributed by atoms with Crippen molar-refractivity contribution in [2.45, 2.75) is 6.42 Å². The number of aromatic amines is 2. The Labute approximate surface area is 190 Å². The lowest BCUT2D eigenvalue weighted by molar-refractivity contribution is 0.795. The van der Waals surface area contributed by atoms with E-state index in [4.69, 9.17) is 4.98 Å². The van der Waals surface area contributed by atoms with Crippen molar-refractivity contribution in [3.63, 3.8) is 0 Å². The molecule has 0 bridgehead atoms. The van der Waals surface area contributed by atoms with Gasteiger partial charge < -0.3 is 19.8 Å². The molecule has 2 aromatic heterocycles. The molecule has 6 rings (SSSR count). The number of nitrogens with zero attached hydrogens (tertiary/aromatic N) is 5. The van der Waals surface area contributed by atoms with Crippen molar-refractivity contribution in [3.8, 4) is 22.6 Å². The van der Waals surface area contributed by atoms with Crippen molar-refractivity contribution in [3.05, 3.63) is 77.5 Å². The third kappa shape index (κ3) is 3.59. The van der Waals surface area contributed by atoms with E-state index in [0.29, 0.717) is 11.4 Å². The Morgan fingerprint density at radius 2 is 1.76 bits per heavy atom. The minimum Gasteiger partial charge on any atom is -0.370 e. The summed E-state index contributed by atoms with van der Waals surface area (Å²) in [7, 11) is 0. The molecular formula is C25H23N7O. The molecule has 1 saturated heterocycles. The van der Waals surface area contributed by atoms with E-state index < -0.39 is 0 Å². The van der Waals surface area contributed by atoms with Gasteiger partial charge in [-0.15, -0.1) is 0 Å². The van der Waals surface area contributed by atoms with E-state index in [2.05, 4.69) is 41.9 Å². The topological polar surface area (TPSA) is 93.8 Å². The summed E-state index contributed by atoms with van der Waals surface area (Å²) in [4.78, 5) is 37.1. The van der Waals surface area contributed by atoms with Gasteiger partial charge in [-0.25, -0.2) is 9.97 Å². The van der Waals surface area contributed by atoms with Crippen molar-refractivity contribution < 1.29 is 0 Å². The Hall–Kier alpha value is -4.20. The number of nitrogens with one attached hydrogen (secondary N) is 2. The van der Waals surface area contributed by atoms with Gasteiger partial charge >= 0.3 is 0 Å². The highest BCUT2D eigenvalue weighted by molar-refractivity contribution is 5.87. The molecule has 0 unspecified atom stereocenters. The second-order valence-electron chi connectivity index (χ2n) is 8.25. The predicted molar refractivity (Wildman–Crippen MR) is 130 cm³/mol. The van der Waals surface area contributed by atoms with E-state index in [9.17, 15) is 4.79 Å². The van der Waals surface area contributed by atoms with E-state index in [-0.39, 0.29) is 5.56 Å². The zero-order valence-corrected chi connectivity index (χ0v) is 18.0. The highest BCUT2D eigenvalue weighted by atomic mass is 16.1. The van der Waals surface area contributed by atoms with Crippen LogP contribution in [0.25, 0.3) is 33.7 Å². The molecule has 8 nitrogen and oxygen atoms in total. The number of benzene rings is 1. The number of aromatic nitrogens is 5. The Morgan fingerprint density at radius 1 is 0.879 bits per heavy atom. The summed E-state index contributed by atoms with van der Waals surface area (Å²) in [5, 5.41) is 0. The lowest BCUT2D eigenvalue weighted by atomic mass is 10.1. The molecule has 1 fully saturated rings. The lowest BCUT2D eigenvalue weighted by Gasteiger charge is -2.24. The molecule has 33 heavy (non-hydrogen) atoms. The Kier molecular flexibility index (Phi) is 4.75. The van der Waals surface area contributed by atoms with Crippen molar-refractivity contribution in [2.24, 2.45) is 0 Å². The van der Waals surface area contributed by atoms with Crippen LogP contribution in [0.15, 0.2) is 71.9 Å². The number of H-pyrrole nitrogens is 2. The zero-order chi connectivity index (χ0) is 22.2. The fraction of sp³-hybridized carbons (Fsp3) is 0.200. The number of anilines is 2. The number of hydrogen-bond acceptors (Lipinski definition) is 6. The molecule has 0 spiro atoms. The summed E-state index contributed by atoms with van der Waals surface area (Å²) in [5.74, 6) is 1.52. The fourth-order valence-electron chi connectivity index (χ4n) is 4.59. The standard InChI is InChI=1S/C25H23N7O/c33-25-23(18-5-2-1-3-6-19(18)30-25)24-28-20-8-7-17(15-21(20)29-24)31-11-4-12-32(14-13-31)22-16-26-9-10-27-22/h1-3,5-10,15-16H,4,11-14H2,(H,28,29)(H,30,33). The van der Waals surface area contributed by atoms with Crippen molar-refractivity contribution in [1.82, 2.24) is 24.9 Å². The summed E-state index contributed by atoms with van der Waals surface area (Å²) in [5.41, 5.74) is 5.01. The van der Waals surface area contributed by atoms with Crippen LogP contribution in [0.5, 0.6) is 0 Å². The molecule has 8 heteroatoms. The van der Waals surface area contributed by atoms with E-state index >= 15 is 0 Å². The monoisotopic (exact) mass is 437 g/mol. The van der Waals surface area contributed by atoms with Gasteiger partial charge in [0.25, 0.3) is 5.56 Å². The average molecular weight is 438 g/mol. The van der Waals surface area contributed by atoms with Crippen molar-refractivity contribution >= 4 is 22.5 Å². The lowest BCUT2D eigenvalue weighted by Crippen LogP contribution is -2.31. The Balaban J connectivity index is 1.30. The van der Waals surface area contributed by atoms with Gasteiger partial charge in [0.05, 0.1) is 22.8 Å². The van der Waals surface area contributed by atoms with Crippen LogP contribution in [0.3, 0.4) is 0 Å². The minimum absolute atomic E-state index is 0.132. The van der Waals surface area contributed by atoms with Crippen LogP contribution in [0.2, 0.25) is 0 Å². The van der Waals surface area contributed by atoms with Crippen LogP contribution in [0.4, 0.5) is 11.5 Å². The fourth-order valence-corrected chi connectivity index (χ4v) is 4.59. The molecule has 3 aromatic rings. The number of hydrogen-bond donors (Lipinski definition) is 2. The molecule has 4 heterocycles. The minimum atomic E-state index is -0.132. The van der Waals surface area contributed by atoms with Crippen LogP contribution < -0.4 is 15.4 Å². The molecule has 1 aromatic carbocycles. The van der Waals surface area contributed by atoms with Gasteiger partial charge in [0.2, 0.25) is 0 Å². The molecule has 1 aliphatic carbocycles. The summed E-state index contributed by atoms with van der Waals surface area (Å²) < 4.78 is 0. The largest absolute Gasteiger partial charge is 0.370 e. The van der Waals surface area contributed by atoms with E-state index in [1.807, 2.05) is 42.6 Å². The first-order valence-electron chi connectivity index (χ1n) is 11.1. The van der Waals surface area contributed by atoms with Crippen molar-refractivity contribution in [2.75, 3.05) is 36.0 Å². The molecule has 0 amide bonds. The van der Waals surface area contributed by atoms with Gasteiger partial charge in [0.1, 0.15) is 11.6 Å². The smallest absolute Gasteiger partial charge is 0.260 e. The molecule has 2 aliphatic heterocycles. The van der Waals surface area contributed by atoms with E-state index in [0.717, 1.165) is 66.4 Å². The quantitative estimate of drug-likeness (QED) is 0.449. The van der Waals surface area contributed by atoms with Gasteiger partial charge in [-0.1, -0.05) is 24.3 Å². The number of rotatable bonds is 3. The van der Waals surface area contributed by atoms with Crippen LogP contribution in [-0.2, 0) is 0 Å². The van der Waals surface area contributed by atoms with E-state index in [1.165, 1.54) is 0 Å². The van der Waals surface area contributed by atoms with Crippen molar-refractivity contribution in [1.29, 1.82) is 0 Å². The Bertz CT molecular complexity index is 1440. The molecular weight excluding hydrogens is 414 g/mol. The highest BCUT2D eigenvalue weighted by Gasteiger charge is 2.20. The number of fused-ring (bicyclic) bond motifs is 2. The van der Waals surface area contributed by atoms with Gasteiger partial charge in [0, 0.05) is 55.5 Å². The van der Waals surface area contributed by atoms with Gasteiger partial charge in [-0.2, -0.15) is 0 Å². The maximum absolute atomic E-state index is 12.7. The molecule has 0 saturated carbocycles. The van der Waals surface area contributed by atoms with Crippen LogP contribution in [0.1, 0.15) is 6.42 Å². The molecule has 0 radical (unpaired) electrons. The second kappa shape index (κ2) is 8.05. The van der Waals surface area contributed by atoms with E-state index in [1.54, 1.807) is 12.4 Å². The molecule has 2 N–H and O–H groups in total. The molecule has 0 atom stereocenters. The first-order valence-corrected chi connectivity index (χ1v) is 11.1. The highest BCUT2D eigenvalue weighted by Crippen LogP contribution is 2.30. The Morgan fingerprint density at radius 3 is 2.67 bits per heavy atom. The average Bonchev–Trinajstić information content (AvgIpc) is 3.16. The van der Waals surface area contributed by atoms with Gasteiger partial charge in [0.15, 0.2) is 0 Å².